The van der Waals surface area contributed by atoms with Crippen LogP contribution in [-0.4, -0.2) is 30.0 Å². The fourth-order valence-electron chi connectivity index (χ4n) is 2.28. The van der Waals surface area contributed by atoms with Gasteiger partial charge in [-0.15, -0.1) is 0 Å². The van der Waals surface area contributed by atoms with Gasteiger partial charge in [-0.3, -0.25) is 4.79 Å². The molecule has 1 rings (SSSR count). The van der Waals surface area contributed by atoms with Crippen molar-refractivity contribution in [1.82, 2.24) is 5.32 Å². The molecule has 0 aromatic heterocycles. The standard InChI is InChI=1S/C13H26N2OS/c1-17-10-9-12(14)13(16)15-11-7-5-3-2-4-6-8-11/h11-12H,2-10,14H2,1H3,(H,15,16)/t12-/m1/s1. The van der Waals surface area contributed by atoms with Crippen LogP contribution in [0.2, 0.25) is 0 Å². The van der Waals surface area contributed by atoms with E-state index in [1.165, 1.54) is 32.1 Å². The van der Waals surface area contributed by atoms with Crippen molar-refractivity contribution in [2.24, 2.45) is 5.73 Å². The van der Waals surface area contributed by atoms with Crippen LogP contribution in [0, 0.1) is 0 Å². The fourth-order valence-corrected chi connectivity index (χ4v) is 2.77. The molecule has 0 spiro atoms. The lowest BCUT2D eigenvalue weighted by Crippen LogP contribution is -2.45. The quantitative estimate of drug-likeness (QED) is 0.795. The Morgan fingerprint density at radius 1 is 1.29 bits per heavy atom. The van der Waals surface area contributed by atoms with Crippen molar-refractivity contribution in [2.75, 3.05) is 12.0 Å². The van der Waals surface area contributed by atoms with Crippen LogP contribution >= 0.6 is 11.8 Å². The van der Waals surface area contributed by atoms with Gasteiger partial charge in [-0.2, -0.15) is 11.8 Å². The molecule has 0 radical (unpaired) electrons. The van der Waals surface area contributed by atoms with E-state index in [-0.39, 0.29) is 11.9 Å². The Bertz CT molecular complexity index is 215. The molecule has 4 heteroatoms. The van der Waals surface area contributed by atoms with Crippen molar-refractivity contribution in [3.8, 4) is 0 Å². The Morgan fingerprint density at radius 2 is 1.88 bits per heavy atom. The summed E-state index contributed by atoms with van der Waals surface area (Å²) in [7, 11) is 0. The summed E-state index contributed by atoms with van der Waals surface area (Å²) in [4.78, 5) is 11.9. The van der Waals surface area contributed by atoms with Gasteiger partial charge in [-0.1, -0.05) is 32.1 Å². The normalized spacial score (nSPS) is 20.4. The minimum Gasteiger partial charge on any atom is -0.352 e. The van der Waals surface area contributed by atoms with E-state index < -0.39 is 0 Å². The summed E-state index contributed by atoms with van der Waals surface area (Å²) in [5.74, 6) is 1.00. The summed E-state index contributed by atoms with van der Waals surface area (Å²) in [6, 6.07) is 0.0380. The number of thioether (sulfide) groups is 1. The predicted octanol–water partition coefficient (Wildman–Crippen LogP) is 2.30. The van der Waals surface area contributed by atoms with Gasteiger partial charge in [0.15, 0.2) is 0 Å². The summed E-state index contributed by atoms with van der Waals surface area (Å²) >= 11 is 1.74. The van der Waals surface area contributed by atoms with Crippen LogP contribution in [0.15, 0.2) is 0 Å². The van der Waals surface area contributed by atoms with Gasteiger partial charge in [0.25, 0.3) is 0 Å². The molecule has 3 nitrogen and oxygen atoms in total. The Kier molecular flexibility index (Phi) is 7.69. The zero-order chi connectivity index (χ0) is 12.5. The van der Waals surface area contributed by atoms with Crippen LogP contribution in [0.5, 0.6) is 0 Å². The predicted molar refractivity (Wildman–Crippen MR) is 75.2 cm³/mol. The lowest BCUT2D eigenvalue weighted by Gasteiger charge is -2.22. The van der Waals surface area contributed by atoms with Crippen LogP contribution in [0.1, 0.15) is 51.4 Å². The molecule has 1 aliphatic carbocycles. The smallest absolute Gasteiger partial charge is 0.237 e. The maximum atomic E-state index is 11.9. The van der Waals surface area contributed by atoms with Crippen molar-refractivity contribution in [3.05, 3.63) is 0 Å². The first-order chi connectivity index (χ1) is 8.24. The molecule has 1 saturated carbocycles. The second-order valence-electron chi connectivity index (χ2n) is 4.94. The molecule has 0 aliphatic heterocycles. The number of nitrogens with two attached hydrogens (primary N) is 1. The minimum absolute atomic E-state index is 0.0459. The SMILES string of the molecule is CSCC[C@@H](N)C(=O)NC1CCCCCCC1. The number of amides is 1. The maximum absolute atomic E-state index is 11.9. The minimum atomic E-state index is -0.326. The molecule has 1 aliphatic rings. The molecule has 3 N–H and O–H groups in total. The zero-order valence-corrected chi connectivity index (χ0v) is 11.7. The highest BCUT2D eigenvalue weighted by molar-refractivity contribution is 7.98. The lowest BCUT2D eigenvalue weighted by atomic mass is 9.96. The van der Waals surface area contributed by atoms with Gasteiger partial charge in [-0.05, 0) is 31.3 Å². The van der Waals surface area contributed by atoms with Gasteiger partial charge in [0.2, 0.25) is 5.91 Å². The molecule has 0 bridgehead atoms. The van der Waals surface area contributed by atoms with Crippen LogP contribution in [0.4, 0.5) is 0 Å². The average Bonchev–Trinajstić information content (AvgIpc) is 2.29. The van der Waals surface area contributed by atoms with Gasteiger partial charge < -0.3 is 11.1 Å². The molecule has 100 valence electrons. The molecule has 0 unspecified atom stereocenters. The Hall–Kier alpha value is -0.220. The molecule has 17 heavy (non-hydrogen) atoms. The van der Waals surface area contributed by atoms with Gasteiger partial charge in [0, 0.05) is 6.04 Å². The molecule has 1 amide bonds. The molecule has 0 heterocycles. The van der Waals surface area contributed by atoms with Crippen molar-refractivity contribution < 1.29 is 4.79 Å². The van der Waals surface area contributed by atoms with E-state index in [9.17, 15) is 4.79 Å². The van der Waals surface area contributed by atoms with E-state index in [0.29, 0.717) is 6.04 Å². The van der Waals surface area contributed by atoms with Gasteiger partial charge in [0.05, 0.1) is 6.04 Å². The summed E-state index contributed by atoms with van der Waals surface area (Å²) in [5, 5.41) is 3.12. The summed E-state index contributed by atoms with van der Waals surface area (Å²) < 4.78 is 0. The summed E-state index contributed by atoms with van der Waals surface area (Å²) in [5.41, 5.74) is 5.87. The monoisotopic (exact) mass is 258 g/mol. The van der Waals surface area contributed by atoms with Crippen molar-refractivity contribution in [2.45, 2.75) is 63.5 Å². The molecule has 0 aromatic carbocycles. The maximum Gasteiger partial charge on any atom is 0.237 e. The first kappa shape index (κ1) is 14.8. The second-order valence-corrected chi connectivity index (χ2v) is 5.92. The Balaban J connectivity index is 2.27. The van der Waals surface area contributed by atoms with E-state index in [4.69, 9.17) is 5.73 Å². The lowest BCUT2D eigenvalue weighted by molar-refractivity contribution is -0.123. The van der Waals surface area contributed by atoms with Gasteiger partial charge >= 0.3 is 0 Å². The van der Waals surface area contributed by atoms with Crippen molar-refractivity contribution in [3.63, 3.8) is 0 Å². The second kappa shape index (κ2) is 8.81. The average molecular weight is 258 g/mol. The number of carbonyl (C=O) groups is 1. The highest BCUT2D eigenvalue weighted by Gasteiger charge is 2.18. The first-order valence-corrected chi connectivity index (χ1v) is 8.18. The third kappa shape index (κ3) is 6.32. The van der Waals surface area contributed by atoms with E-state index in [1.54, 1.807) is 11.8 Å². The first-order valence-electron chi connectivity index (χ1n) is 6.79. The number of hydrogen-bond donors (Lipinski definition) is 2. The highest BCUT2D eigenvalue weighted by Crippen LogP contribution is 2.17. The number of nitrogens with one attached hydrogen (secondary N) is 1. The third-order valence-corrected chi connectivity index (χ3v) is 4.07. The molecule has 1 atom stereocenters. The van der Waals surface area contributed by atoms with Gasteiger partial charge in [-0.25, -0.2) is 0 Å². The summed E-state index contributed by atoms with van der Waals surface area (Å²) in [6.45, 7) is 0. The van der Waals surface area contributed by atoms with E-state index >= 15 is 0 Å². The van der Waals surface area contributed by atoms with Crippen LogP contribution in [0.25, 0.3) is 0 Å². The Morgan fingerprint density at radius 3 is 2.47 bits per heavy atom. The molecular weight excluding hydrogens is 232 g/mol. The van der Waals surface area contributed by atoms with Crippen LogP contribution < -0.4 is 11.1 Å². The Labute approximate surface area is 109 Å². The molecule has 0 aromatic rings. The topological polar surface area (TPSA) is 55.1 Å². The van der Waals surface area contributed by atoms with Crippen LogP contribution in [-0.2, 0) is 4.79 Å². The largest absolute Gasteiger partial charge is 0.352 e. The molecular formula is C13H26N2OS. The van der Waals surface area contributed by atoms with E-state index in [0.717, 1.165) is 25.0 Å². The molecule has 1 fully saturated rings. The van der Waals surface area contributed by atoms with Crippen molar-refractivity contribution in [1.29, 1.82) is 0 Å². The van der Waals surface area contributed by atoms with E-state index in [2.05, 4.69) is 5.32 Å². The fraction of sp³-hybridized carbons (Fsp3) is 0.923. The number of hydrogen-bond acceptors (Lipinski definition) is 3. The van der Waals surface area contributed by atoms with E-state index in [1.807, 2.05) is 6.26 Å². The number of rotatable bonds is 5. The van der Waals surface area contributed by atoms with Crippen molar-refractivity contribution >= 4 is 17.7 Å². The zero-order valence-electron chi connectivity index (χ0n) is 10.9. The third-order valence-electron chi connectivity index (χ3n) is 3.42. The van der Waals surface area contributed by atoms with Crippen LogP contribution in [0.3, 0.4) is 0 Å². The highest BCUT2D eigenvalue weighted by atomic mass is 32.2. The van der Waals surface area contributed by atoms with Gasteiger partial charge in [0.1, 0.15) is 0 Å². The number of carbonyl (C=O) groups excluding carboxylic acids is 1. The summed E-state index contributed by atoms with van der Waals surface area (Å²) in [6.07, 6.45) is 11.5. The molecule has 0 saturated heterocycles.